The van der Waals surface area contributed by atoms with Crippen LogP contribution in [0, 0.1) is 34.5 Å². The van der Waals surface area contributed by atoms with Crippen LogP contribution in [0.5, 0.6) is 0 Å². The van der Waals surface area contributed by atoms with Crippen molar-refractivity contribution < 1.29 is 14.3 Å². The predicted octanol–water partition coefficient (Wildman–Crippen LogP) is 6.31. The normalized spacial score (nSPS) is 41.0. The van der Waals surface area contributed by atoms with Crippen molar-refractivity contribution in [3.05, 3.63) is 35.9 Å². The lowest BCUT2D eigenvalue weighted by molar-refractivity contribution is -0.149. The Labute approximate surface area is 223 Å². The second kappa shape index (κ2) is 9.39. The highest BCUT2D eigenvalue weighted by Crippen LogP contribution is 2.66. The maximum atomic E-state index is 13.0. The second-order valence-corrected chi connectivity index (χ2v) is 13.6. The highest BCUT2D eigenvalue weighted by atomic mass is 16.6. The van der Waals surface area contributed by atoms with Crippen molar-refractivity contribution in [1.29, 1.82) is 0 Å². The summed E-state index contributed by atoms with van der Waals surface area (Å²) in [5, 5.41) is 0. The van der Waals surface area contributed by atoms with Crippen molar-refractivity contribution >= 4 is 11.9 Å². The Hall–Kier alpha value is -1.88. The van der Waals surface area contributed by atoms with E-state index in [2.05, 4.69) is 56.0 Å². The summed E-state index contributed by atoms with van der Waals surface area (Å²) >= 11 is 0. The third kappa shape index (κ3) is 4.24. The zero-order chi connectivity index (χ0) is 25.8. The van der Waals surface area contributed by atoms with Crippen molar-refractivity contribution in [3.8, 4) is 0 Å². The predicted molar refractivity (Wildman–Crippen MR) is 145 cm³/mol. The first-order valence-electron chi connectivity index (χ1n) is 15.0. The Kier molecular flexibility index (Phi) is 6.45. The third-order valence-electron chi connectivity index (χ3n) is 11.9. The summed E-state index contributed by atoms with van der Waals surface area (Å²) in [5.74, 6) is 3.21. The number of hydrogen-bond acceptors (Lipinski definition) is 4. The van der Waals surface area contributed by atoms with Crippen molar-refractivity contribution in [3.63, 3.8) is 0 Å². The number of likely N-dealkylation sites (N-methyl/N-ethyl adjacent to an activating group) is 1. The lowest BCUT2D eigenvalue weighted by atomic mass is 9.44. The monoisotopic (exact) mass is 506 g/mol. The van der Waals surface area contributed by atoms with Gasteiger partial charge in [-0.15, -0.1) is 0 Å². The summed E-state index contributed by atoms with van der Waals surface area (Å²) in [6.07, 6.45) is 9.79. The fourth-order valence-electron chi connectivity index (χ4n) is 9.63. The number of amides is 1. The summed E-state index contributed by atoms with van der Waals surface area (Å²) in [6.45, 7) is 11.3. The molecule has 0 aromatic heterocycles. The van der Waals surface area contributed by atoms with Crippen molar-refractivity contribution in [2.75, 3.05) is 26.2 Å². The smallest absolute Gasteiger partial charge is 0.410 e. The Morgan fingerprint density at radius 2 is 1.81 bits per heavy atom. The molecule has 6 rings (SSSR count). The fourth-order valence-corrected chi connectivity index (χ4v) is 9.63. The number of rotatable bonds is 6. The molecule has 4 aliphatic carbocycles. The molecule has 5 fully saturated rings. The number of fused-ring (bicyclic) bond motifs is 5. The molecule has 4 saturated carbocycles. The van der Waals surface area contributed by atoms with Gasteiger partial charge in [-0.2, -0.15) is 0 Å². The van der Waals surface area contributed by atoms with Gasteiger partial charge >= 0.3 is 6.09 Å². The highest BCUT2D eigenvalue weighted by molar-refractivity contribution is 5.87. The van der Waals surface area contributed by atoms with E-state index < -0.39 is 0 Å². The molecular formula is C32H46N2O3. The SMILES string of the molecule is CCN(CCN1C[C@]2(CC[C@@]3(C)[C@@H](CC[C@@H]4[C@@H]3CC[C@]3(C)C(=O)CC[C@@H]43)C2)OC1=O)Cc1ccccc1. The molecule has 0 N–H and O–H groups in total. The topological polar surface area (TPSA) is 49.9 Å². The Balaban J connectivity index is 1.09. The molecular weight excluding hydrogens is 460 g/mol. The van der Waals surface area contributed by atoms with Crippen molar-refractivity contribution in [2.45, 2.75) is 90.7 Å². The van der Waals surface area contributed by atoms with E-state index in [1.54, 1.807) is 0 Å². The maximum Gasteiger partial charge on any atom is 0.410 e. The largest absolute Gasteiger partial charge is 0.441 e. The van der Waals surface area contributed by atoms with Crippen LogP contribution < -0.4 is 0 Å². The third-order valence-corrected chi connectivity index (χ3v) is 11.9. The molecule has 1 aliphatic heterocycles. The second-order valence-electron chi connectivity index (χ2n) is 13.6. The molecule has 202 valence electrons. The molecule has 5 nitrogen and oxygen atoms in total. The van der Waals surface area contributed by atoms with E-state index in [1.807, 2.05) is 4.90 Å². The van der Waals surface area contributed by atoms with Crippen LogP contribution in [-0.4, -0.2) is 53.5 Å². The van der Waals surface area contributed by atoms with Gasteiger partial charge in [0.1, 0.15) is 11.4 Å². The van der Waals surface area contributed by atoms with Crippen LogP contribution in [0.4, 0.5) is 4.79 Å². The number of ketones is 1. The highest BCUT2D eigenvalue weighted by Gasteiger charge is 2.62. The van der Waals surface area contributed by atoms with Crippen LogP contribution in [0.2, 0.25) is 0 Å². The van der Waals surface area contributed by atoms with Crippen molar-refractivity contribution in [1.82, 2.24) is 9.80 Å². The summed E-state index contributed by atoms with van der Waals surface area (Å²) in [7, 11) is 0. The van der Waals surface area contributed by atoms with Crippen molar-refractivity contribution in [2.24, 2.45) is 34.5 Å². The van der Waals surface area contributed by atoms with E-state index in [0.717, 1.165) is 77.2 Å². The number of carbonyl (C=O) groups excluding carboxylic acids is 2. The quantitative estimate of drug-likeness (QED) is 0.454. The Bertz CT molecular complexity index is 1030. The van der Waals surface area contributed by atoms with E-state index in [9.17, 15) is 9.59 Å². The molecule has 1 amide bonds. The molecule has 5 heteroatoms. The lowest BCUT2D eigenvalue weighted by Gasteiger charge is -2.61. The van der Waals surface area contributed by atoms with E-state index in [4.69, 9.17) is 4.74 Å². The van der Waals surface area contributed by atoms with Gasteiger partial charge < -0.3 is 9.64 Å². The minimum Gasteiger partial charge on any atom is -0.441 e. The number of hydrogen-bond donors (Lipinski definition) is 0. The molecule has 7 atom stereocenters. The molecule has 5 aliphatic rings. The van der Waals surface area contributed by atoms with Gasteiger partial charge in [0.05, 0.1) is 6.54 Å². The number of nitrogens with zero attached hydrogens (tertiary/aromatic N) is 2. The van der Waals surface area contributed by atoms with Gasteiger partial charge in [-0.25, -0.2) is 4.79 Å². The van der Waals surface area contributed by atoms with Crippen LogP contribution >= 0.6 is 0 Å². The molecule has 0 unspecified atom stereocenters. The van der Waals surface area contributed by atoms with Crippen LogP contribution in [0.3, 0.4) is 0 Å². The van der Waals surface area contributed by atoms with Gasteiger partial charge in [-0.3, -0.25) is 9.69 Å². The van der Waals surface area contributed by atoms with Crippen LogP contribution in [0.25, 0.3) is 0 Å². The zero-order valence-electron chi connectivity index (χ0n) is 23.2. The fraction of sp³-hybridized carbons (Fsp3) is 0.750. The number of carbonyl (C=O) groups is 2. The summed E-state index contributed by atoms with van der Waals surface area (Å²) in [4.78, 5) is 30.2. The zero-order valence-corrected chi connectivity index (χ0v) is 23.2. The molecule has 1 aromatic rings. The first-order chi connectivity index (χ1) is 17.8. The van der Waals surface area contributed by atoms with E-state index in [0.29, 0.717) is 29.0 Å². The summed E-state index contributed by atoms with van der Waals surface area (Å²) in [5.41, 5.74) is 1.30. The Morgan fingerprint density at radius 3 is 2.59 bits per heavy atom. The molecule has 1 aromatic carbocycles. The molecule has 0 bridgehead atoms. The van der Waals surface area contributed by atoms with Gasteiger partial charge in [-0.05, 0) is 92.6 Å². The van der Waals surface area contributed by atoms with Crippen LogP contribution in [0.15, 0.2) is 30.3 Å². The van der Waals surface area contributed by atoms with Gasteiger partial charge in [0.25, 0.3) is 0 Å². The summed E-state index contributed by atoms with van der Waals surface area (Å²) < 4.78 is 6.24. The number of ether oxygens (including phenoxy) is 1. The van der Waals surface area contributed by atoms with Crippen LogP contribution in [-0.2, 0) is 16.1 Å². The molecule has 1 saturated heterocycles. The van der Waals surface area contributed by atoms with E-state index in [-0.39, 0.29) is 17.1 Å². The van der Waals surface area contributed by atoms with Gasteiger partial charge in [0, 0.05) is 31.5 Å². The Morgan fingerprint density at radius 1 is 1.00 bits per heavy atom. The summed E-state index contributed by atoms with van der Waals surface area (Å²) in [6, 6.07) is 10.6. The first kappa shape index (κ1) is 25.4. The molecule has 37 heavy (non-hydrogen) atoms. The average Bonchev–Trinajstić information content (AvgIpc) is 3.37. The number of Topliss-reactive ketones (excluding diaryl/α,β-unsaturated/α-hetero) is 1. The van der Waals surface area contributed by atoms with E-state index in [1.165, 1.54) is 24.8 Å². The number of benzene rings is 1. The average molecular weight is 507 g/mol. The van der Waals surface area contributed by atoms with Crippen LogP contribution in [0.1, 0.15) is 84.1 Å². The molecule has 1 spiro atoms. The molecule has 0 radical (unpaired) electrons. The molecule has 1 heterocycles. The lowest BCUT2D eigenvalue weighted by Crippen LogP contribution is -2.56. The first-order valence-corrected chi connectivity index (χ1v) is 15.0. The van der Waals surface area contributed by atoms with Gasteiger partial charge in [0.15, 0.2) is 0 Å². The van der Waals surface area contributed by atoms with E-state index >= 15 is 0 Å². The minimum atomic E-state index is -0.295. The minimum absolute atomic E-state index is 0.0470. The van der Waals surface area contributed by atoms with Gasteiger partial charge in [-0.1, -0.05) is 51.1 Å². The standard InChI is InChI=1S/C32H46N2O3/c1-4-33(21-23-8-6-5-7-9-23)18-19-34-22-32(37-29(34)36)17-16-30(2)24(20-32)10-11-25-26-12-13-28(35)31(26,3)15-14-27(25)30/h5-9,24-27H,4,10-22H2,1-3H3/t24-,25-,26-,27-,30-,31-,32+/m0/s1. The van der Waals surface area contributed by atoms with Gasteiger partial charge in [0.2, 0.25) is 0 Å². The maximum absolute atomic E-state index is 13.0.